The van der Waals surface area contributed by atoms with Crippen molar-refractivity contribution in [1.29, 1.82) is 0 Å². The van der Waals surface area contributed by atoms with Crippen molar-refractivity contribution < 1.29 is 4.74 Å². The molecule has 0 aliphatic rings. The summed E-state index contributed by atoms with van der Waals surface area (Å²) < 4.78 is 5.25. The molecule has 1 aromatic carbocycles. The van der Waals surface area contributed by atoms with Crippen LogP contribution in [0.4, 0.5) is 0 Å². The Morgan fingerprint density at radius 3 is 1.74 bits per heavy atom. The number of pyridine rings is 2. The smallest absolute Gasteiger partial charge is 0.118 e. The zero-order chi connectivity index (χ0) is 18.7. The highest BCUT2D eigenvalue weighted by Gasteiger charge is 2.08. The third-order valence-electron chi connectivity index (χ3n) is 4.70. The lowest BCUT2D eigenvalue weighted by molar-refractivity contribution is 0.282. The molecule has 0 aliphatic heterocycles. The maximum atomic E-state index is 5.25. The molecule has 0 spiro atoms. The number of ether oxygens (including phenoxy) is 1. The highest BCUT2D eigenvalue weighted by atomic mass is 16.5. The van der Waals surface area contributed by atoms with Gasteiger partial charge < -0.3 is 9.64 Å². The molecule has 4 nitrogen and oxygen atoms in total. The van der Waals surface area contributed by atoms with Gasteiger partial charge in [-0.15, -0.1) is 0 Å². The third kappa shape index (κ3) is 6.50. The van der Waals surface area contributed by atoms with Crippen LogP contribution in [0.2, 0.25) is 0 Å². The lowest BCUT2D eigenvalue weighted by Crippen LogP contribution is -2.31. The number of rotatable bonds is 10. The number of methoxy groups -OCH3 is 1. The molecule has 140 valence electrons. The molecule has 0 aliphatic carbocycles. The van der Waals surface area contributed by atoms with Crippen molar-refractivity contribution >= 4 is 0 Å². The van der Waals surface area contributed by atoms with Gasteiger partial charge in [-0.2, -0.15) is 0 Å². The summed E-state index contributed by atoms with van der Waals surface area (Å²) in [4.78, 5) is 11.4. The Balaban J connectivity index is 1.57. The van der Waals surface area contributed by atoms with E-state index >= 15 is 0 Å². The Kier molecular flexibility index (Phi) is 7.36. The van der Waals surface area contributed by atoms with Gasteiger partial charge in [0.05, 0.1) is 7.11 Å². The fourth-order valence-corrected chi connectivity index (χ4v) is 3.05. The summed E-state index contributed by atoms with van der Waals surface area (Å²) in [5.41, 5.74) is 3.62. The molecule has 27 heavy (non-hydrogen) atoms. The summed E-state index contributed by atoms with van der Waals surface area (Å²) in [6.07, 6.45) is 6.68. The fourth-order valence-electron chi connectivity index (χ4n) is 3.05. The number of benzene rings is 1. The zero-order valence-corrected chi connectivity index (χ0v) is 15.9. The van der Waals surface area contributed by atoms with E-state index < -0.39 is 0 Å². The van der Waals surface area contributed by atoms with E-state index in [-0.39, 0.29) is 0 Å². The number of hydrogen-bond acceptors (Lipinski definition) is 4. The first kappa shape index (κ1) is 19.1. The molecule has 4 heteroatoms. The van der Waals surface area contributed by atoms with Gasteiger partial charge in [-0.05, 0) is 48.4 Å². The molecule has 0 bridgehead atoms. The normalized spacial score (nSPS) is 10.9. The van der Waals surface area contributed by atoms with Crippen LogP contribution in [-0.2, 0) is 19.3 Å². The summed E-state index contributed by atoms with van der Waals surface area (Å²) >= 11 is 0. The second-order valence-electron chi connectivity index (χ2n) is 6.58. The predicted octanol–water partition coefficient (Wildman–Crippen LogP) is 3.82. The SMILES string of the molecule is COc1ccc(CCN(CCc2ccccn2)CCc2ccccn2)cc1. The summed E-state index contributed by atoms with van der Waals surface area (Å²) in [6.45, 7) is 3.02. The van der Waals surface area contributed by atoms with Gasteiger partial charge in [-0.1, -0.05) is 24.3 Å². The standard InChI is InChI=1S/C23H27N3O/c1-27-23-10-8-20(9-11-23)12-17-26(18-13-21-6-2-4-15-24-21)19-14-22-7-3-5-16-25-22/h2-11,15-16H,12-14,17-19H2,1H3. The first-order chi connectivity index (χ1) is 13.3. The molecule has 0 N–H and O–H groups in total. The molecular weight excluding hydrogens is 334 g/mol. The van der Waals surface area contributed by atoms with E-state index in [1.807, 2.05) is 36.7 Å². The maximum absolute atomic E-state index is 5.25. The average Bonchev–Trinajstić information content (AvgIpc) is 2.75. The van der Waals surface area contributed by atoms with Crippen LogP contribution >= 0.6 is 0 Å². The van der Waals surface area contributed by atoms with Crippen LogP contribution in [0, 0.1) is 0 Å². The number of aromatic nitrogens is 2. The fraction of sp³-hybridized carbons (Fsp3) is 0.304. The van der Waals surface area contributed by atoms with Crippen molar-refractivity contribution in [1.82, 2.24) is 14.9 Å². The first-order valence-electron chi connectivity index (χ1n) is 9.48. The minimum absolute atomic E-state index is 0.904. The van der Waals surface area contributed by atoms with Crippen LogP contribution in [-0.4, -0.2) is 41.6 Å². The minimum atomic E-state index is 0.904. The second kappa shape index (κ2) is 10.4. The topological polar surface area (TPSA) is 38.2 Å². The average molecular weight is 361 g/mol. The van der Waals surface area contributed by atoms with E-state index in [1.165, 1.54) is 5.56 Å². The molecule has 0 atom stereocenters. The Hall–Kier alpha value is -2.72. The van der Waals surface area contributed by atoms with Gasteiger partial charge in [0.1, 0.15) is 5.75 Å². The zero-order valence-electron chi connectivity index (χ0n) is 15.9. The highest BCUT2D eigenvalue weighted by Crippen LogP contribution is 2.12. The Bertz CT molecular complexity index is 732. The Morgan fingerprint density at radius 2 is 1.26 bits per heavy atom. The van der Waals surface area contributed by atoms with Gasteiger partial charge in [0.2, 0.25) is 0 Å². The van der Waals surface area contributed by atoms with Crippen LogP contribution in [0.3, 0.4) is 0 Å². The van der Waals surface area contributed by atoms with Gasteiger partial charge in [-0.3, -0.25) is 9.97 Å². The van der Waals surface area contributed by atoms with Crippen molar-refractivity contribution in [3.8, 4) is 5.75 Å². The van der Waals surface area contributed by atoms with Gasteiger partial charge >= 0.3 is 0 Å². The van der Waals surface area contributed by atoms with Gasteiger partial charge in [-0.25, -0.2) is 0 Å². The molecule has 2 aromatic heterocycles. The van der Waals surface area contributed by atoms with Crippen molar-refractivity contribution in [2.45, 2.75) is 19.3 Å². The van der Waals surface area contributed by atoms with Crippen LogP contribution in [0.5, 0.6) is 5.75 Å². The molecule has 3 aromatic rings. The molecule has 0 amide bonds. The Morgan fingerprint density at radius 1 is 0.704 bits per heavy atom. The summed E-state index contributed by atoms with van der Waals surface area (Å²) in [5.74, 6) is 0.904. The number of nitrogens with zero attached hydrogens (tertiary/aromatic N) is 3. The van der Waals surface area contributed by atoms with Crippen LogP contribution in [0.1, 0.15) is 17.0 Å². The molecule has 0 radical (unpaired) electrons. The van der Waals surface area contributed by atoms with E-state index in [4.69, 9.17) is 4.74 Å². The van der Waals surface area contributed by atoms with E-state index in [1.54, 1.807) is 7.11 Å². The monoisotopic (exact) mass is 361 g/mol. The molecule has 0 unspecified atom stereocenters. The van der Waals surface area contributed by atoms with E-state index in [0.29, 0.717) is 0 Å². The molecule has 2 heterocycles. The molecule has 0 fully saturated rings. The Labute approximate surface area is 161 Å². The third-order valence-corrected chi connectivity index (χ3v) is 4.70. The first-order valence-corrected chi connectivity index (χ1v) is 9.48. The molecular formula is C23H27N3O. The summed E-state index contributed by atoms with van der Waals surface area (Å²) in [7, 11) is 1.70. The predicted molar refractivity (Wildman–Crippen MR) is 109 cm³/mol. The van der Waals surface area contributed by atoms with Crippen molar-refractivity contribution in [2.75, 3.05) is 26.7 Å². The largest absolute Gasteiger partial charge is 0.497 e. The lowest BCUT2D eigenvalue weighted by Gasteiger charge is -2.22. The minimum Gasteiger partial charge on any atom is -0.497 e. The van der Waals surface area contributed by atoms with Gasteiger partial charge in [0, 0.05) is 56.3 Å². The summed E-state index contributed by atoms with van der Waals surface area (Å²) in [6, 6.07) is 20.6. The quantitative estimate of drug-likeness (QED) is 0.550. The van der Waals surface area contributed by atoms with Crippen LogP contribution < -0.4 is 4.74 Å². The maximum Gasteiger partial charge on any atom is 0.118 e. The van der Waals surface area contributed by atoms with E-state index in [0.717, 1.165) is 56.0 Å². The van der Waals surface area contributed by atoms with Crippen LogP contribution in [0.15, 0.2) is 73.1 Å². The molecule has 0 saturated carbocycles. The van der Waals surface area contributed by atoms with Crippen molar-refractivity contribution in [3.63, 3.8) is 0 Å². The van der Waals surface area contributed by atoms with E-state index in [2.05, 4.69) is 51.3 Å². The van der Waals surface area contributed by atoms with Crippen molar-refractivity contribution in [3.05, 3.63) is 90.0 Å². The van der Waals surface area contributed by atoms with Gasteiger partial charge in [0.25, 0.3) is 0 Å². The molecule has 3 rings (SSSR count). The van der Waals surface area contributed by atoms with Crippen molar-refractivity contribution in [2.24, 2.45) is 0 Å². The van der Waals surface area contributed by atoms with Crippen LogP contribution in [0.25, 0.3) is 0 Å². The highest BCUT2D eigenvalue weighted by molar-refractivity contribution is 5.27. The molecule has 0 saturated heterocycles. The summed E-state index contributed by atoms with van der Waals surface area (Å²) in [5, 5.41) is 0. The van der Waals surface area contributed by atoms with Gasteiger partial charge in [0.15, 0.2) is 0 Å². The number of hydrogen-bond donors (Lipinski definition) is 0. The van der Waals surface area contributed by atoms with E-state index in [9.17, 15) is 0 Å². The second-order valence-corrected chi connectivity index (χ2v) is 6.58. The lowest BCUT2D eigenvalue weighted by atomic mass is 10.1.